The van der Waals surface area contributed by atoms with E-state index in [0.717, 1.165) is 5.56 Å². The number of aryl methyl sites for hydroxylation is 1. The average molecular weight is 372 g/mol. The molecule has 1 aromatic carbocycles. The molecule has 3 heterocycles. The van der Waals surface area contributed by atoms with Gasteiger partial charge in [-0.3, -0.25) is 9.59 Å². The number of carbonyl (C=O) groups excluding carboxylic acids is 2. The molecule has 8 nitrogen and oxygen atoms in total. The van der Waals surface area contributed by atoms with Crippen LogP contribution in [-0.2, 0) is 11.8 Å². The first-order valence-electron chi connectivity index (χ1n) is 8.47. The molecular formula is C20H16N6O2. The number of imidazole rings is 1. The third-order valence-corrected chi connectivity index (χ3v) is 4.30. The minimum Gasteiger partial charge on any atom is -0.366 e. The molecule has 4 aromatic rings. The Labute approximate surface area is 159 Å². The summed E-state index contributed by atoms with van der Waals surface area (Å²) in [7, 11) is 1.78. The minimum absolute atomic E-state index is 0.148. The summed E-state index contributed by atoms with van der Waals surface area (Å²) in [4.78, 5) is 39.6. The standard InChI is InChI=1S/C20H16N6O2/c1-26-9-8-22-20(26)18(28)13-4-2-12(3-5-13)15-11-24-19-17(25-15)14(10-23-19)6-7-16(21)27/h2-11H,1H3,(H2,21,27)(H,23,24). The Morgan fingerprint density at radius 2 is 1.96 bits per heavy atom. The number of ketones is 1. The van der Waals surface area contributed by atoms with E-state index in [1.165, 1.54) is 6.08 Å². The first-order valence-corrected chi connectivity index (χ1v) is 8.47. The first kappa shape index (κ1) is 17.3. The Bertz CT molecular complexity index is 1220. The topological polar surface area (TPSA) is 120 Å². The maximum atomic E-state index is 12.5. The van der Waals surface area contributed by atoms with Crippen LogP contribution in [-0.4, -0.2) is 36.2 Å². The van der Waals surface area contributed by atoms with Gasteiger partial charge < -0.3 is 15.3 Å². The monoisotopic (exact) mass is 372 g/mol. The van der Waals surface area contributed by atoms with Crippen LogP contribution in [0.15, 0.2) is 55.1 Å². The number of rotatable bonds is 5. The second-order valence-electron chi connectivity index (χ2n) is 6.20. The number of hydrogen-bond acceptors (Lipinski definition) is 5. The summed E-state index contributed by atoms with van der Waals surface area (Å²) in [5, 5.41) is 0. The fraction of sp³-hybridized carbons (Fsp3) is 0.0500. The molecule has 0 saturated carbocycles. The number of amides is 1. The minimum atomic E-state index is -0.536. The fourth-order valence-corrected chi connectivity index (χ4v) is 2.85. The van der Waals surface area contributed by atoms with E-state index in [1.807, 2.05) is 12.1 Å². The molecule has 0 radical (unpaired) electrons. The van der Waals surface area contributed by atoms with Crippen molar-refractivity contribution in [3.8, 4) is 11.3 Å². The smallest absolute Gasteiger partial charge is 0.241 e. The molecule has 3 aromatic heterocycles. The van der Waals surface area contributed by atoms with E-state index in [2.05, 4.69) is 19.9 Å². The molecule has 0 aliphatic carbocycles. The van der Waals surface area contributed by atoms with Crippen molar-refractivity contribution in [1.29, 1.82) is 0 Å². The van der Waals surface area contributed by atoms with Crippen molar-refractivity contribution in [3.63, 3.8) is 0 Å². The van der Waals surface area contributed by atoms with Crippen molar-refractivity contribution >= 4 is 28.9 Å². The van der Waals surface area contributed by atoms with Gasteiger partial charge in [0.1, 0.15) is 5.52 Å². The largest absolute Gasteiger partial charge is 0.366 e. The van der Waals surface area contributed by atoms with Gasteiger partial charge >= 0.3 is 0 Å². The van der Waals surface area contributed by atoms with Crippen LogP contribution in [0.1, 0.15) is 21.7 Å². The average Bonchev–Trinajstić information content (AvgIpc) is 3.31. The van der Waals surface area contributed by atoms with Gasteiger partial charge in [0.2, 0.25) is 11.7 Å². The Hall–Kier alpha value is -4.07. The van der Waals surface area contributed by atoms with Crippen LogP contribution in [0, 0.1) is 0 Å². The third-order valence-electron chi connectivity index (χ3n) is 4.30. The molecule has 0 bridgehead atoms. The zero-order chi connectivity index (χ0) is 19.7. The Kier molecular flexibility index (Phi) is 4.29. The first-order chi connectivity index (χ1) is 13.5. The molecule has 138 valence electrons. The summed E-state index contributed by atoms with van der Waals surface area (Å²) in [6.45, 7) is 0. The highest BCUT2D eigenvalue weighted by Gasteiger charge is 2.14. The van der Waals surface area contributed by atoms with Crippen molar-refractivity contribution in [3.05, 3.63) is 72.1 Å². The van der Waals surface area contributed by atoms with Crippen LogP contribution in [0.5, 0.6) is 0 Å². The maximum Gasteiger partial charge on any atom is 0.241 e. The number of aromatic amines is 1. The molecule has 1 amide bonds. The van der Waals surface area contributed by atoms with Gasteiger partial charge in [-0.2, -0.15) is 0 Å². The molecule has 3 N–H and O–H groups in total. The molecule has 0 aliphatic rings. The lowest BCUT2D eigenvalue weighted by Gasteiger charge is -2.04. The van der Waals surface area contributed by atoms with Gasteiger partial charge in [-0.25, -0.2) is 15.0 Å². The van der Waals surface area contributed by atoms with Gasteiger partial charge in [-0.1, -0.05) is 24.3 Å². The Morgan fingerprint density at radius 3 is 2.64 bits per heavy atom. The van der Waals surface area contributed by atoms with Crippen LogP contribution in [0.2, 0.25) is 0 Å². The lowest BCUT2D eigenvalue weighted by atomic mass is 10.1. The number of primary amides is 1. The quantitative estimate of drug-likeness (QED) is 0.411. The van der Waals surface area contributed by atoms with Crippen molar-refractivity contribution < 1.29 is 9.59 Å². The van der Waals surface area contributed by atoms with Gasteiger partial charge in [-0.15, -0.1) is 0 Å². The van der Waals surface area contributed by atoms with Crippen LogP contribution in [0.3, 0.4) is 0 Å². The van der Waals surface area contributed by atoms with Gasteiger partial charge in [0, 0.05) is 48.4 Å². The predicted molar refractivity (Wildman–Crippen MR) is 104 cm³/mol. The van der Waals surface area contributed by atoms with Crippen molar-refractivity contribution in [2.45, 2.75) is 0 Å². The van der Waals surface area contributed by atoms with Crippen molar-refractivity contribution in [2.24, 2.45) is 12.8 Å². The van der Waals surface area contributed by atoms with E-state index in [-0.39, 0.29) is 5.78 Å². The van der Waals surface area contributed by atoms with E-state index >= 15 is 0 Å². The van der Waals surface area contributed by atoms with E-state index in [1.54, 1.807) is 54.6 Å². The molecule has 0 spiro atoms. The lowest BCUT2D eigenvalue weighted by Crippen LogP contribution is -2.08. The van der Waals surface area contributed by atoms with Crippen LogP contribution in [0.4, 0.5) is 0 Å². The van der Waals surface area contributed by atoms with Crippen LogP contribution >= 0.6 is 0 Å². The molecule has 0 aliphatic heterocycles. The van der Waals surface area contributed by atoms with Gasteiger partial charge in [0.15, 0.2) is 11.5 Å². The highest BCUT2D eigenvalue weighted by atomic mass is 16.1. The second kappa shape index (κ2) is 6.92. The molecule has 28 heavy (non-hydrogen) atoms. The zero-order valence-electron chi connectivity index (χ0n) is 15.0. The van der Waals surface area contributed by atoms with E-state index in [4.69, 9.17) is 5.73 Å². The number of nitrogens with one attached hydrogen (secondary N) is 1. The lowest BCUT2D eigenvalue weighted by molar-refractivity contribution is -0.113. The van der Waals surface area contributed by atoms with Crippen molar-refractivity contribution in [2.75, 3.05) is 0 Å². The summed E-state index contributed by atoms with van der Waals surface area (Å²) in [6, 6.07) is 7.11. The number of aromatic nitrogens is 5. The van der Waals surface area contributed by atoms with Gasteiger partial charge in [0.25, 0.3) is 0 Å². The second-order valence-corrected chi connectivity index (χ2v) is 6.20. The summed E-state index contributed by atoms with van der Waals surface area (Å²) in [5.74, 6) is -0.302. The summed E-state index contributed by atoms with van der Waals surface area (Å²) < 4.78 is 1.68. The van der Waals surface area contributed by atoms with E-state index < -0.39 is 5.91 Å². The molecular weight excluding hydrogens is 356 g/mol. The number of fused-ring (bicyclic) bond motifs is 1. The normalized spacial score (nSPS) is 11.3. The summed E-state index contributed by atoms with van der Waals surface area (Å²) >= 11 is 0. The Balaban J connectivity index is 1.66. The summed E-state index contributed by atoms with van der Waals surface area (Å²) in [6.07, 6.45) is 9.54. The van der Waals surface area contributed by atoms with Crippen molar-refractivity contribution in [1.82, 2.24) is 24.5 Å². The molecule has 0 saturated heterocycles. The maximum absolute atomic E-state index is 12.5. The van der Waals surface area contributed by atoms with E-state index in [0.29, 0.717) is 33.8 Å². The van der Waals surface area contributed by atoms with Gasteiger partial charge in [-0.05, 0) is 6.08 Å². The molecule has 0 fully saturated rings. The van der Waals surface area contributed by atoms with Crippen LogP contribution in [0.25, 0.3) is 28.5 Å². The number of hydrogen-bond donors (Lipinski definition) is 2. The third kappa shape index (κ3) is 3.18. The Morgan fingerprint density at radius 1 is 1.18 bits per heavy atom. The molecule has 8 heteroatoms. The fourth-order valence-electron chi connectivity index (χ4n) is 2.85. The number of nitrogens with two attached hydrogens (primary N) is 1. The summed E-state index contributed by atoms with van der Waals surface area (Å²) in [5.41, 5.74) is 9.11. The number of nitrogens with zero attached hydrogens (tertiary/aromatic N) is 4. The highest BCUT2D eigenvalue weighted by molar-refractivity contribution is 6.06. The molecule has 0 unspecified atom stereocenters. The molecule has 4 rings (SSSR count). The zero-order valence-corrected chi connectivity index (χ0v) is 15.0. The number of carbonyl (C=O) groups is 2. The number of benzene rings is 1. The van der Waals surface area contributed by atoms with Crippen LogP contribution < -0.4 is 5.73 Å². The predicted octanol–water partition coefficient (Wildman–Crippen LogP) is 2.09. The van der Waals surface area contributed by atoms with Gasteiger partial charge in [0.05, 0.1) is 11.9 Å². The highest BCUT2D eigenvalue weighted by Crippen LogP contribution is 2.22. The SMILES string of the molecule is Cn1ccnc1C(=O)c1ccc(-c2cnc3[nH]cc(C=CC(N)=O)c3n2)cc1. The number of H-pyrrole nitrogens is 1. The molecule has 0 atom stereocenters. The van der Waals surface area contributed by atoms with E-state index in [9.17, 15) is 9.59 Å².